The summed E-state index contributed by atoms with van der Waals surface area (Å²) in [5.41, 5.74) is 6.56. The Balaban J connectivity index is -0.000000372. The van der Waals surface area contributed by atoms with E-state index in [1.54, 1.807) is 12.2 Å². The number of allylic oxidation sites excluding steroid dienone is 6. The van der Waals surface area contributed by atoms with Crippen molar-refractivity contribution in [2.75, 3.05) is 25.0 Å². The fourth-order valence-electron chi connectivity index (χ4n) is 3.72. The van der Waals surface area contributed by atoms with Gasteiger partial charge in [0.1, 0.15) is 13.1 Å². The van der Waals surface area contributed by atoms with Gasteiger partial charge in [0.2, 0.25) is 0 Å². The molecule has 7 heteroatoms. The molecular weight excluding hydrogens is 707 g/mol. The van der Waals surface area contributed by atoms with Gasteiger partial charge in [-0.05, 0) is 75.6 Å². The Hall–Kier alpha value is -2.89. The number of anilines is 1. The van der Waals surface area contributed by atoms with Crippen LogP contribution in [0.1, 0.15) is 112 Å². The number of hydrogen-bond donors (Lipinski definition) is 2. The summed E-state index contributed by atoms with van der Waals surface area (Å²) < 4.78 is 0. The summed E-state index contributed by atoms with van der Waals surface area (Å²) in [7, 11) is 0. The minimum Gasteiger partial charge on any atom is -0.384 e. The van der Waals surface area contributed by atoms with Gasteiger partial charge in [-0.3, -0.25) is 0 Å². The topological polar surface area (TPSA) is 58.2 Å². The number of halogens is 3. The van der Waals surface area contributed by atoms with Crippen LogP contribution in [0.3, 0.4) is 0 Å². The van der Waals surface area contributed by atoms with Crippen LogP contribution in [-0.2, 0) is 9.59 Å². The molecule has 0 heterocycles. The van der Waals surface area contributed by atoms with E-state index in [1.165, 1.54) is 36.8 Å². The van der Waals surface area contributed by atoms with Gasteiger partial charge in [-0.15, -0.1) is 18.2 Å². The molecule has 0 fully saturated rings. The number of aldehydes is 1. The second kappa shape index (κ2) is 37.9. The molecule has 0 aliphatic heterocycles. The monoisotopic (exact) mass is 776 g/mol. The van der Waals surface area contributed by atoms with Crippen molar-refractivity contribution < 1.29 is 9.59 Å². The molecule has 2 atom stereocenters. The standard InChI is InChI=1S/C22H30Cl2N2O.C9H9Cl.C6H14.C5H10.C2H6.CH2O/c1-5-20(24)9-8-19(18(3)23)14-25-15-22(4,12-13-27)16-26-21-10-6-17(2)7-11-21;1-7(2)8-3-5-9(10)6-4-8;1-3-5-6-4-2;1-4-5(2)3;2*1-2/h5-11,13,18,25-26H,1,12,14-16H2,2-4H3;3-6H,1H2,2H3;3-6H2,1-2H3;2,4H2,1,3H3;1-2H3;1H2/b19-8-,20-9+;;;;;. The maximum Gasteiger partial charge on any atom is 0.120 e. The van der Waals surface area contributed by atoms with E-state index in [9.17, 15) is 4.79 Å². The van der Waals surface area contributed by atoms with Crippen molar-refractivity contribution >= 4 is 59.1 Å². The molecule has 52 heavy (non-hydrogen) atoms. The van der Waals surface area contributed by atoms with E-state index >= 15 is 0 Å². The lowest BCUT2D eigenvalue weighted by Crippen LogP contribution is -2.39. The SMILES string of the molecule is C=C(C)CC.C=C(C)c1ccc(Cl)cc1.C=C/C(Cl)=C\C=C(\CNCC(C)(CC=O)CNc1ccc(C)cc1)C(C)Cl.C=O.CC.CCCCCC. The van der Waals surface area contributed by atoms with E-state index in [-0.39, 0.29) is 10.8 Å². The number of rotatable bonds is 17. The molecule has 0 spiro atoms. The fourth-order valence-corrected chi connectivity index (χ4v) is 4.06. The molecule has 0 amide bonds. The molecule has 0 aromatic heterocycles. The Morgan fingerprint density at radius 2 is 1.40 bits per heavy atom. The first-order valence-electron chi connectivity index (χ1n) is 18.3. The van der Waals surface area contributed by atoms with Crippen LogP contribution in [0.25, 0.3) is 5.57 Å². The number of alkyl halides is 1. The van der Waals surface area contributed by atoms with Crippen molar-refractivity contribution in [1.29, 1.82) is 0 Å². The van der Waals surface area contributed by atoms with Gasteiger partial charge in [-0.2, -0.15) is 0 Å². The summed E-state index contributed by atoms with van der Waals surface area (Å²) in [6.07, 6.45) is 13.4. The largest absolute Gasteiger partial charge is 0.384 e. The summed E-state index contributed by atoms with van der Waals surface area (Å²) in [5, 5.41) is 8.07. The highest BCUT2D eigenvalue weighted by atomic mass is 35.5. The van der Waals surface area contributed by atoms with Gasteiger partial charge in [0, 0.05) is 47.2 Å². The van der Waals surface area contributed by atoms with Crippen LogP contribution in [0, 0.1) is 12.3 Å². The Labute approximate surface area is 334 Å². The minimum atomic E-state index is -0.206. The molecule has 2 aromatic carbocycles. The predicted octanol–water partition coefficient (Wildman–Crippen LogP) is 14.2. The van der Waals surface area contributed by atoms with E-state index in [2.05, 4.69) is 89.3 Å². The fraction of sp³-hybridized carbons (Fsp3) is 0.467. The smallest absolute Gasteiger partial charge is 0.120 e. The maximum atomic E-state index is 11.2. The first kappa shape index (κ1) is 55.9. The van der Waals surface area contributed by atoms with Crippen LogP contribution < -0.4 is 10.6 Å². The molecule has 0 aliphatic carbocycles. The van der Waals surface area contributed by atoms with Gasteiger partial charge in [-0.25, -0.2) is 0 Å². The number of hydrogen-bond acceptors (Lipinski definition) is 4. The van der Waals surface area contributed by atoms with E-state index in [4.69, 9.17) is 39.6 Å². The molecule has 2 aromatic rings. The van der Waals surface area contributed by atoms with Gasteiger partial charge >= 0.3 is 0 Å². The molecule has 4 nitrogen and oxygen atoms in total. The van der Waals surface area contributed by atoms with Crippen molar-refractivity contribution in [1.82, 2.24) is 5.32 Å². The lowest BCUT2D eigenvalue weighted by Gasteiger charge is -2.29. The van der Waals surface area contributed by atoms with Crippen LogP contribution in [0.4, 0.5) is 5.69 Å². The summed E-state index contributed by atoms with van der Waals surface area (Å²) in [4.78, 5) is 19.2. The molecule has 0 saturated carbocycles. The molecule has 2 unspecified atom stereocenters. The van der Waals surface area contributed by atoms with Gasteiger partial charge in [0.25, 0.3) is 0 Å². The third kappa shape index (κ3) is 34.2. The Morgan fingerprint density at radius 3 is 1.79 bits per heavy atom. The van der Waals surface area contributed by atoms with Gasteiger partial charge in [0.05, 0.1) is 5.38 Å². The van der Waals surface area contributed by atoms with Crippen molar-refractivity contribution in [3.8, 4) is 0 Å². The zero-order chi connectivity index (χ0) is 41.0. The summed E-state index contributed by atoms with van der Waals surface area (Å²) >= 11 is 17.9. The number of carbonyl (C=O) groups excluding carboxylic acids is 2. The molecule has 2 rings (SSSR count). The highest BCUT2D eigenvalue weighted by Crippen LogP contribution is 2.21. The number of benzene rings is 2. The third-order valence-electron chi connectivity index (χ3n) is 7.29. The van der Waals surface area contributed by atoms with Gasteiger partial charge in [0.15, 0.2) is 0 Å². The molecule has 0 saturated heterocycles. The van der Waals surface area contributed by atoms with Gasteiger partial charge < -0.3 is 20.2 Å². The number of unbranched alkanes of at least 4 members (excludes halogenated alkanes) is 3. The summed E-state index contributed by atoms with van der Waals surface area (Å²) in [6.45, 7) is 35.8. The molecule has 294 valence electrons. The molecule has 0 radical (unpaired) electrons. The lowest BCUT2D eigenvalue weighted by molar-refractivity contribution is -0.109. The van der Waals surface area contributed by atoms with Crippen LogP contribution in [0.2, 0.25) is 5.02 Å². The highest BCUT2D eigenvalue weighted by molar-refractivity contribution is 6.31. The molecular formula is C45H71Cl3N2O2. The Kier molecular flexibility index (Phi) is 40.7. The number of aryl methyl sites for hydroxylation is 1. The number of carbonyl (C=O) groups is 2. The molecule has 0 bridgehead atoms. The maximum absolute atomic E-state index is 11.2. The van der Waals surface area contributed by atoms with Crippen LogP contribution in [0.5, 0.6) is 0 Å². The zero-order valence-electron chi connectivity index (χ0n) is 34.1. The van der Waals surface area contributed by atoms with Crippen LogP contribution in [-0.4, -0.2) is 38.1 Å². The average Bonchev–Trinajstić information content (AvgIpc) is 3.14. The van der Waals surface area contributed by atoms with Crippen molar-refractivity contribution in [3.05, 3.63) is 119 Å². The first-order chi connectivity index (χ1) is 24.7. The van der Waals surface area contributed by atoms with E-state index < -0.39 is 0 Å². The highest BCUT2D eigenvalue weighted by Gasteiger charge is 2.24. The average molecular weight is 778 g/mol. The van der Waals surface area contributed by atoms with Crippen molar-refractivity contribution in [3.63, 3.8) is 0 Å². The number of nitrogens with one attached hydrogen (secondary N) is 2. The second-order valence-electron chi connectivity index (χ2n) is 12.4. The molecule has 0 aliphatic rings. The quantitative estimate of drug-likeness (QED) is 0.0552. The van der Waals surface area contributed by atoms with E-state index in [1.807, 2.05) is 71.7 Å². The van der Waals surface area contributed by atoms with E-state index in [0.29, 0.717) is 31.1 Å². The van der Waals surface area contributed by atoms with Gasteiger partial charge in [-0.1, -0.05) is 157 Å². The van der Waals surface area contributed by atoms with Crippen molar-refractivity contribution in [2.24, 2.45) is 5.41 Å². The Morgan fingerprint density at radius 1 is 0.904 bits per heavy atom. The summed E-state index contributed by atoms with van der Waals surface area (Å²) in [6, 6.07) is 15.9. The van der Waals surface area contributed by atoms with Crippen LogP contribution in [0.15, 0.2) is 103 Å². The second-order valence-corrected chi connectivity index (χ2v) is 14.0. The summed E-state index contributed by atoms with van der Waals surface area (Å²) in [5.74, 6) is 0. The normalized spacial score (nSPS) is 11.9. The predicted molar refractivity (Wildman–Crippen MR) is 238 cm³/mol. The lowest BCUT2D eigenvalue weighted by atomic mass is 9.87. The van der Waals surface area contributed by atoms with Crippen molar-refractivity contribution in [2.45, 2.75) is 113 Å². The zero-order valence-corrected chi connectivity index (χ0v) is 36.4. The first-order valence-corrected chi connectivity index (χ1v) is 19.5. The third-order valence-corrected chi connectivity index (χ3v) is 8.10. The molecule has 2 N–H and O–H groups in total. The van der Waals surface area contributed by atoms with Crippen LogP contribution >= 0.6 is 34.8 Å². The minimum absolute atomic E-state index is 0.119. The van der Waals surface area contributed by atoms with E-state index in [0.717, 1.165) is 40.1 Å². The Bertz CT molecular complexity index is 1250.